The van der Waals surface area contributed by atoms with Crippen molar-refractivity contribution in [2.75, 3.05) is 24.5 Å². The van der Waals surface area contributed by atoms with Gasteiger partial charge in [0.15, 0.2) is 0 Å². The second-order valence-electron chi connectivity index (χ2n) is 8.30. The van der Waals surface area contributed by atoms with E-state index in [2.05, 4.69) is 34.5 Å². The molecule has 4 heteroatoms. The predicted octanol–water partition coefficient (Wildman–Crippen LogP) is 3.66. The van der Waals surface area contributed by atoms with Crippen LogP contribution in [0.3, 0.4) is 0 Å². The molecule has 0 radical (unpaired) electrons. The van der Waals surface area contributed by atoms with E-state index >= 15 is 0 Å². The fourth-order valence-corrected chi connectivity index (χ4v) is 5.67. The fourth-order valence-electron chi connectivity index (χ4n) is 5.67. The maximum absolute atomic E-state index is 13.3. The molecule has 1 aromatic carbocycles. The number of nitrogens with zero attached hydrogens (tertiary/aromatic N) is 1. The quantitative estimate of drug-likeness (QED) is 0.841. The number of amides is 1. The van der Waals surface area contributed by atoms with Gasteiger partial charge in [0, 0.05) is 23.6 Å². The topological polar surface area (TPSA) is 32.3 Å². The zero-order valence-corrected chi connectivity index (χ0v) is 15.0. The number of anilines is 1. The molecule has 24 heavy (non-hydrogen) atoms. The number of carbonyl (C=O) groups excluding carboxylic acids is 1. The molecule has 1 N–H and O–H groups in total. The zero-order valence-electron chi connectivity index (χ0n) is 14.2. The van der Waals surface area contributed by atoms with Crippen LogP contribution in [0, 0.1) is 11.3 Å². The van der Waals surface area contributed by atoms with Gasteiger partial charge in [0.2, 0.25) is 5.91 Å². The first-order chi connectivity index (χ1) is 11.2. The number of benzene rings is 1. The maximum atomic E-state index is 13.3. The van der Waals surface area contributed by atoms with Crippen molar-refractivity contribution in [2.45, 2.75) is 50.4 Å². The average Bonchev–Trinajstić information content (AvgIpc) is 2.98. The molecule has 2 heterocycles. The summed E-state index contributed by atoms with van der Waals surface area (Å²) in [7, 11) is 0. The smallest absolute Gasteiger partial charge is 0.230 e. The van der Waals surface area contributed by atoms with Crippen LogP contribution in [0.15, 0.2) is 24.3 Å². The summed E-state index contributed by atoms with van der Waals surface area (Å²) in [6.07, 6.45) is 8.64. The highest BCUT2D eigenvalue weighted by Crippen LogP contribution is 2.60. The number of hydrogen-bond donors (Lipinski definition) is 1. The third-order valence-electron chi connectivity index (χ3n) is 7.14. The van der Waals surface area contributed by atoms with Gasteiger partial charge >= 0.3 is 0 Å². The van der Waals surface area contributed by atoms with Crippen molar-refractivity contribution in [1.82, 2.24) is 5.32 Å². The van der Waals surface area contributed by atoms with Crippen LogP contribution in [0.1, 0.15) is 50.5 Å². The first kappa shape index (κ1) is 16.4. The summed E-state index contributed by atoms with van der Waals surface area (Å²) in [5.74, 6) is 0.706. The van der Waals surface area contributed by atoms with Crippen molar-refractivity contribution in [1.29, 1.82) is 0 Å². The van der Waals surface area contributed by atoms with E-state index in [9.17, 15) is 4.79 Å². The Labute approximate surface area is 150 Å². The number of piperidine rings is 1. The van der Waals surface area contributed by atoms with E-state index in [1.807, 2.05) is 0 Å². The summed E-state index contributed by atoms with van der Waals surface area (Å²) < 4.78 is 0. The summed E-state index contributed by atoms with van der Waals surface area (Å²) in [4.78, 5) is 15.5. The van der Waals surface area contributed by atoms with Gasteiger partial charge in [-0.2, -0.15) is 0 Å². The second-order valence-corrected chi connectivity index (χ2v) is 8.30. The summed E-state index contributed by atoms with van der Waals surface area (Å²) in [6.45, 7) is 3.12. The van der Waals surface area contributed by atoms with Crippen molar-refractivity contribution in [3.63, 3.8) is 0 Å². The number of halogens is 1. The molecule has 130 valence electrons. The predicted molar refractivity (Wildman–Crippen MR) is 98.8 cm³/mol. The van der Waals surface area contributed by atoms with Crippen molar-refractivity contribution in [3.05, 3.63) is 29.8 Å². The lowest BCUT2D eigenvalue weighted by molar-refractivity contribution is -0.120. The van der Waals surface area contributed by atoms with Gasteiger partial charge in [-0.3, -0.25) is 4.79 Å². The number of nitrogens with one attached hydrogen (secondary N) is 1. The summed E-state index contributed by atoms with van der Waals surface area (Å²) in [6, 6.07) is 8.71. The molecule has 2 aliphatic heterocycles. The van der Waals surface area contributed by atoms with Crippen LogP contribution in [-0.4, -0.2) is 25.5 Å². The SMILES string of the molecule is Cl.O=C(C1CC12CCNCC2)N1CC2(CCCC2)c2ccccc21. The molecule has 2 aliphatic carbocycles. The third-order valence-corrected chi connectivity index (χ3v) is 7.14. The molecule has 5 rings (SSSR count). The van der Waals surface area contributed by atoms with Gasteiger partial charge in [-0.15, -0.1) is 12.4 Å². The summed E-state index contributed by atoms with van der Waals surface area (Å²) in [5.41, 5.74) is 3.27. The van der Waals surface area contributed by atoms with Crippen molar-refractivity contribution in [2.24, 2.45) is 11.3 Å². The molecule has 1 saturated heterocycles. The Kier molecular flexibility index (Phi) is 3.92. The molecule has 0 bridgehead atoms. The largest absolute Gasteiger partial charge is 0.317 e. The molecule has 1 atom stereocenters. The molecule has 1 amide bonds. The van der Waals surface area contributed by atoms with E-state index in [0.717, 1.165) is 26.1 Å². The van der Waals surface area contributed by atoms with Crippen molar-refractivity contribution < 1.29 is 4.79 Å². The van der Waals surface area contributed by atoms with Crippen LogP contribution in [0.5, 0.6) is 0 Å². The Balaban J connectivity index is 0.00000146. The minimum atomic E-state index is 0. The van der Waals surface area contributed by atoms with Crippen molar-refractivity contribution >= 4 is 24.0 Å². The summed E-state index contributed by atoms with van der Waals surface area (Å²) >= 11 is 0. The zero-order chi connectivity index (χ0) is 15.5. The minimum Gasteiger partial charge on any atom is -0.317 e. The summed E-state index contributed by atoms with van der Waals surface area (Å²) in [5, 5.41) is 3.44. The Morgan fingerprint density at radius 3 is 2.54 bits per heavy atom. The molecule has 4 aliphatic rings. The Hall–Kier alpha value is -1.06. The third kappa shape index (κ3) is 2.24. The molecule has 0 aromatic heterocycles. The van der Waals surface area contributed by atoms with Crippen LogP contribution >= 0.6 is 12.4 Å². The van der Waals surface area contributed by atoms with E-state index in [1.165, 1.54) is 49.8 Å². The standard InChI is InChI=1S/C20H26N2O.ClH/c23-18(16-13-19(16)9-11-21-12-10-19)22-14-20(7-3-4-8-20)15-5-1-2-6-17(15)22;/h1-2,5-6,16,21H,3-4,7-14H2;1H. The van der Waals surface area contributed by atoms with Crippen LogP contribution in [0.2, 0.25) is 0 Å². The van der Waals surface area contributed by atoms with Crippen LogP contribution in [0.4, 0.5) is 5.69 Å². The first-order valence-corrected chi connectivity index (χ1v) is 9.36. The lowest BCUT2D eigenvalue weighted by atomic mass is 9.81. The minimum absolute atomic E-state index is 0. The molecule has 2 spiro atoms. The normalized spacial score (nSPS) is 28.7. The van der Waals surface area contributed by atoms with E-state index in [4.69, 9.17) is 0 Å². The van der Waals surface area contributed by atoms with Gasteiger partial charge in [-0.05, 0) is 62.2 Å². The van der Waals surface area contributed by atoms with E-state index < -0.39 is 0 Å². The number of fused-ring (bicyclic) bond motifs is 2. The van der Waals surface area contributed by atoms with Gasteiger partial charge in [-0.25, -0.2) is 0 Å². The van der Waals surface area contributed by atoms with Gasteiger partial charge in [-0.1, -0.05) is 31.0 Å². The lowest BCUT2D eigenvalue weighted by Crippen LogP contribution is -2.38. The number of rotatable bonds is 1. The molecule has 3 fully saturated rings. The molecule has 1 aromatic rings. The Morgan fingerprint density at radius 2 is 1.79 bits per heavy atom. The second kappa shape index (κ2) is 5.74. The van der Waals surface area contributed by atoms with E-state index in [1.54, 1.807) is 0 Å². The molecular formula is C20H27ClN2O. The maximum Gasteiger partial charge on any atom is 0.230 e. The highest BCUT2D eigenvalue weighted by molar-refractivity contribution is 6.00. The highest BCUT2D eigenvalue weighted by atomic mass is 35.5. The Morgan fingerprint density at radius 1 is 1.08 bits per heavy atom. The molecule has 2 saturated carbocycles. The van der Waals surface area contributed by atoms with Gasteiger partial charge in [0.1, 0.15) is 0 Å². The van der Waals surface area contributed by atoms with Gasteiger partial charge < -0.3 is 10.2 Å². The Bertz CT molecular complexity index is 647. The fraction of sp³-hybridized carbons (Fsp3) is 0.650. The van der Waals surface area contributed by atoms with E-state index in [-0.39, 0.29) is 23.7 Å². The van der Waals surface area contributed by atoms with Gasteiger partial charge in [0.05, 0.1) is 0 Å². The average molecular weight is 347 g/mol. The van der Waals surface area contributed by atoms with Crippen molar-refractivity contribution in [3.8, 4) is 0 Å². The van der Waals surface area contributed by atoms with Gasteiger partial charge in [0.25, 0.3) is 0 Å². The molecule has 1 unspecified atom stereocenters. The number of para-hydroxylation sites is 1. The monoisotopic (exact) mass is 346 g/mol. The molecule has 3 nitrogen and oxygen atoms in total. The number of carbonyl (C=O) groups is 1. The van der Waals surface area contributed by atoms with E-state index in [0.29, 0.717) is 11.3 Å². The first-order valence-electron chi connectivity index (χ1n) is 9.36. The molecular weight excluding hydrogens is 320 g/mol. The number of hydrogen-bond acceptors (Lipinski definition) is 2. The lowest BCUT2D eigenvalue weighted by Gasteiger charge is -2.27. The van der Waals surface area contributed by atoms with Crippen LogP contribution in [0.25, 0.3) is 0 Å². The van der Waals surface area contributed by atoms with Crippen LogP contribution in [-0.2, 0) is 10.2 Å². The highest BCUT2D eigenvalue weighted by Gasteiger charge is 2.60. The van der Waals surface area contributed by atoms with Crippen LogP contribution < -0.4 is 10.2 Å².